The van der Waals surface area contributed by atoms with E-state index in [0.717, 1.165) is 6.07 Å². The minimum absolute atomic E-state index is 0.176. The lowest BCUT2D eigenvalue weighted by atomic mass is 10.0. The van der Waals surface area contributed by atoms with Crippen LogP contribution in [0.2, 0.25) is 0 Å². The van der Waals surface area contributed by atoms with E-state index < -0.39 is 41.7 Å². The molecule has 0 saturated heterocycles. The van der Waals surface area contributed by atoms with Crippen molar-refractivity contribution in [3.63, 3.8) is 0 Å². The first-order valence-corrected chi connectivity index (χ1v) is 6.35. The molecule has 0 aliphatic heterocycles. The number of halogens is 3. The van der Waals surface area contributed by atoms with Crippen LogP contribution in [0.5, 0.6) is 0 Å². The number of alkyl halides is 3. The molecule has 6 N–H and O–H groups in total. The van der Waals surface area contributed by atoms with Gasteiger partial charge in [-0.1, -0.05) is 18.2 Å². The molecule has 7 nitrogen and oxygen atoms in total. The Labute approximate surface area is 129 Å². The molecule has 126 valence electrons. The van der Waals surface area contributed by atoms with Crippen molar-refractivity contribution in [1.29, 1.82) is 0 Å². The SMILES string of the molecule is CC(NC(=O)NC(C(N)=O)C(N)=O)c1ccccc1C(F)(F)F. The van der Waals surface area contributed by atoms with E-state index in [4.69, 9.17) is 11.5 Å². The van der Waals surface area contributed by atoms with Gasteiger partial charge in [-0.05, 0) is 18.6 Å². The Hall–Kier alpha value is -2.78. The maximum Gasteiger partial charge on any atom is 0.416 e. The van der Waals surface area contributed by atoms with Gasteiger partial charge in [0.25, 0.3) is 0 Å². The van der Waals surface area contributed by atoms with Crippen LogP contribution in [0.3, 0.4) is 0 Å². The van der Waals surface area contributed by atoms with E-state index in [2.05, 4.69) is 5.32 Å². The average Bonchev–Trinajstić information content (AvgIpc) is 2.43. The van der Waals surface area contributed by atoms with Gasteiger partial charge in [-0.25, -0.2) is 4.79 Å². The Bertz CT molecular complexity index is 605. The third-order valence-corrected chi connectivity index (χ3v) is 2.92. The van der Waals surface area contributed by atoms with Crippen LogP contribution in [0.1, 0.15) is 24.1 Å². The number of rotatable bonds is 5. The molecule has 1 unspecified atom stereocenters. The van der Waals surface area contributed by atoms with Gasteiger partial charge in [0.05, 0.1) is 11.6 Å². The lowest BCUT2D eigenvalue weighted by Gasteiger charge is -2.20. The molecule has 0 aliphatic carbocycles. The zero-order valence-electron chi connectivity index (χ0n) is 12.0. The highest BCUT2D eigenvalue weighted by Crippen LogP contribution is 2.34. The number of nitrogens with two attached hydrogens (primary N) is 2. The molecule has 1 rings (SSSR count). The summed E-state index contributed by atoms with van der Waals surface area (Å²) in [6.45, 7) is 1.31. The van der Waals surface area contributed by atoms with Gasteiger partial charge in [-0.3, -0.25) is 9.59 Å². The van der Waals surface area contributed by atoms with Gasteiger partial charge in [0, 0.05) is 0 Å². The predicted octanol–water partition coefficient (Wildman–Crippen LogP) is 0.405. The number of primary amides is 2. The zero-order valence-corrected chi connectivity index (χ0v) is 12.0. The lowest BCUT2D eigenvalue weighted by molar-refractivity contribution is -0.138. The van der Waals surface area contributed by atoms with Crippen LogP contribution < -0.4 is 22.1 Å². The third kappa shape index (κ3) is 4.87. The van der Waals surface area contributed by atoms with Crippen LogP contribution in [-0.2, 0) is 15.8 Å². The molecule has 0 aliphatic rings. The maximum atomic E-state index is 12.9. The number of urea groups is 1. The summed E-state index contributed by atoms with van der Waals surface area (Å²) < 4.78 is 38.8. The summed E-state index contributed by atoms with van der Waals surface area (Å²) in [5.74, 6) is -2.37. The molecule has 0 heterocycles. The van der Waals surface area contributed by atoms with E-state index >= 15 is 0 Å². The molecule has 1 aromatic rings. The number of amides is 4. The second-order valence-corrected chi connectivity index (χ2v) is 4.66. The highest BCUT2D eigenvalue weighted by atomic mass is 19.4. The highest BCUT2D eigenvalue weighted by Gasteiger charge is 2.34. The Kier molecular flexibility index (Phi) is 5.55. The smallest absolute Gasteiger partial charge is 0.367 e. The largest absolute Gasteiger partial charge is 0.416 e. The van der Waals surface area contributed by atoms with Gasteiger partial charge in [-0.15, -0.1) is 0 Å². The van der Waals surface area contributed by atoms with Gasteiger partial charge in [0.2, 0.25) is 11.8 Å². The quantitative estimate of drug-likeness (QED) is 0.583. The molecular formula is C13H15F3N4O3. The van der Waals surface area contributed by atoms with Gasteiger partial charge in [0.15, 0.2) is 6.04 Å². The van der Waals surface area contributed by atoms with Crippen molar-refractivity contribution in [2.75, 3.05) is 0 Å². The van der Waals surface area contributed by atoms with Crippen molar-refractivity contribution >= 4 is 17.8 Å². The van der Waals surface area contributed by atoms with Crippen molar-refractivity contribution in [2.24, 2.45) is 11.5 Å². The van der Waals surface area contributed by atoms with E-state index in [1.807, 2.05) is 5.32 Å². The van der Waals surface area contributed by atoms with Crippen LogP contribution in [0, 0.1) is 0 Å². The molecule has 0 radical (unpaired) electrons. The van der Waals surface area contributed by atoms with Gasteiger partial charge < -0.3 is 22.1 Å². The molecule has 0 saturated carbocycles. The minimum Gasteiger partial charge on any atom is -0.367 e. The number of carbonyl (C=O) groups is 3. The summed E-state index contributed by atoms with van der Waals surface area (Å²) in [4.78, 5) is 33.6. The molecule has 0 fully saturated rings. The second kappa shape index (κ2) is 6.99. The van der Waals surface area contributed by atoms with Crippen LogP contribution >= 0.6 is 0 Å². The van der Waals surface area contributed by atoms with E-state index in [1.54, 1.807) is 0 Å². The monoisotopic (exact) mass is 332 g/mol. The number of hydrogen-bond acceptors (Lipinski definition) is 3. The number of carbonyl (C=O) groups excluding carboxylic acids is 3. The first-order chi connectivity index (χ1) is 10.5. The fraction of sp³-hybridized carbons (Fsp3) is 0.308. The molecule has 1 aromatic carbocycles. The number of hydrogen-bond donors (Lipinski definition) is 4. The minimum atomic E-state index is -4.59. The Morgan fingerprint density at radius 2 is 1.57 bits per heavy atom. The van der Waals surface area contributed by atoms with Crippen molar-refractivity contribution < 1.29 is 27.6 Å². The molecule has 0 spiro atoms. The first kappa shape index (κ1) is 18.3. The van der Waals surface area contributed by atoms with Crippen LogP contribution in [0.4, 0.5) is 18.0 Å². The molecular weight excluding hydrogens is 317 g/mol. The molecule has 0 aromatic heterocycles. The summed E-state index contributed by atoms with van der Waals surface area (Å²) >= 11 is 0. The zero-order chi connectivity index (χ0) is 17.8. The third-order valence-electron chi connectivity index (χ3n) is 2.92. The van der Waals surface area contributed by atoms with Crippen molar-refractivity contribution in [1.82, 2.24) is 10.6 Å². The Balaban J connectivity index is 2.88. The van der Waals surface area contributed by atoms with Crippen molar-refractivity contribution in [2.45, 2.75) is 25.2 Å². The van der Waals surface area contributed by atoms with E-state index in [-0.39, 0.29) is 5.56 Å². The lowest BCUT2D eigenvalue weighted by Crippen LogP contribution is -2.55. The Morgan fingerprint density at radius 1 is 1.04 bits per heavy atom. The highest BCUT2D eigenvalue weighted by molar-refractivity contribution is 6.05. The fourth-order valence-electron chi connectivity index (χ4n) is 1.86. The normalized spacial score (nSPS) is 12.6. The van der Waals surface area contributed by atoms with Crippen LogP contribution in [-0.4, -0.2) is 23.9 Å². The molecule has 23 heavy (non-hydrogen) atoms. The first-order valence-electron chi connectivity index (χ1n) is 6.35. The summed E-state index contributed by atoms with van der Waals surface area (Å²) in [5, 5.41) is 4.08. The van der Waals surface area contributed by atoms with Gasteiger partial charge in [0.1, 0.15) is 0 Å². The fourth-order valence-corrected chi connectivity index (χ4v) is 1.86. The van der Waals surface area contributed by atoms with E-state index in [1.165, 1.54) is 25.1 Å². The average molecular weight is 332 g/mol. The van der Waals surface area contributed by atoms with Crippen LogP contribution in [0.25, 0.3) is 0 Å². The van der Waals surface area contributed by atoms with E-state index in [9.17, 15) is 27.6 Å². The number of nitrogens with one attached hydrogen (secondary N) is 2. The van der Waals surface area contributed by atoms with Crippen LogP contribution in [0.15, 0.2) is 24.3 Å². The van der Waals surface area contributed by atoms with Gasteiger partial charge >= 0.3 is 12.2 Å². The molecule has 4 amide bonds. The van der Waals surface area contributed by atoms with E-state index in [0.29, 0.717) is 0 Å². The van der Waals surface area contributed by atoms with Crippen molar-refractivity contribution in [3.05, 3.63) is 35.4 Å². The van der Waals surface area contributed by atoms with Crippen molar-refractivity contribution in [3.8, 4) is 0 Å². The summed E-state index contributed by atoms with van der Waals surface area (Å²) in [7, 11) is 0. The summed E-state index contributed by atoms with van der Waals surface area (Å²) in [5.41, 5.74) is 8.67. The number of benzene rings is 1. The predicted molar refractivity (Wildman–Crippen MR) is 73.7 cm³/mol. The second-order valence-electron chi connectivity index (χ2n) is 4.66. The standard InChI is InChI=1S/C13H15F3N4O3/c1-6(7-4-2-3-5-8(7)13(14,15)16)19-12(23)20-9(10(17)21)11(18)22/h2-6,9H,1H3,(H2,17,21)(H2,18,22)(H2,19,20,23). The Morgan fingerprint density at radius 3 is 2.04 bits per heavy atom. The summed E-state index contributed by atoms with van der Waals surface area (Å²) in [6, 6.07) is 0.812. The van der Waals surface area contributed by atoms with Gasteiger partial charge in [-0.2, -0.15) is 13.2 Å². The topological polar surface area (TPSA) is 127 Å². The molecule has 1 atom stereocenters. The maximum absolute atomic E-state index is 12.9. The summed E-state index contributed by atoms with van der Waals surface area (Å²) in [6.07, 6.45) is -4.59. The molecule has 0 bridgehead atoms. The molecule has 10 heteroatoms.